The highest BCUT2D eigenvalue weighted by molar-refractivity contribution is 9.10. The molecule has 5 heteroatoms. The molecule has 3 nitrogen and oxygen atoms in total. The summed E-state index contributed by atoms with van der Waals surface area (Å²) in [5.74, 6) is 6.06. The van der Waals surface area contributed by atoms with E-state index in [9.17, 15) is 4.39 Å². The molecule has 2 rings (SSSR count). The van der Waals surface area contributed by atoms with Crippen LogP contribution in [-0.2, 0) is 0 Å². The topological polar surface area (TPSA) is 47.3 Å². The molecule has 3 N–H and O–H groups in total. The van der Waals surface area contributed by atoms with Crippen molar-refractivity contribution in [1.29, 1.82) is 0 Å². The van der Waals surface area contributed by atoms with E-state index in [0.29, 0.717) is 5.56 Å². The summed E-state index contributed by atoms with van der Waals surface area (Å²) in [7, 11) is 0. The van der Waals surface area contributed by atoms with Crippen LogP contribution in [0.3, 0.4) is 0 Å². The Morgan fingerprint density at radius 2 is 1.95 bits per heavy atom. The summed E-state index contributed by atoms with van der Waals surface area (Å²) in [5, 5.41) is 0. The van der Waals surface area contributed by atoms with Gasteiger partial charge in [0.2, 0.25) is 0 Å². The van der Waals surface area contributed by atoms with Gasteiger partial charge in [0.1, 0.15) is 11.6 Å². The van der Waals surface area contributed by atoms with Gasteiger partial charge in [0.15, 0.2) is 0 Å². The van der Waals surface area contributed by atoms with Crippen molar-refractivity contribution in [2.24, 2.45) is 5.84 Å². The van der Waals surface area contributed by atoms with Crippen molar-refractivity contribution < 1.29 is 9.13 Å². The van der Waals surface area contributed by atoms with Crippen LogP contribution in [0.2, 0.25) is 0 Å². The van der Waals surface area contributed by atoms with Crippen molar-refractivity contribution in [3.05, 3.63) is 63.9 Å². The molecule has 112 valence electrons. The van der Waals surface area contributed by atoms with Crippen molar-refractivity contribution in [3.63, 3.8) is 0 Å². The molecule has 0 radical (unpaired) electrons. The molecule has 2 aromatic rings. The van der Waals surface area contributed by atoms with E-state index in [-0.39, 0.29) is 11.9 Å². The van der Waals surface area contributed by atoms with Gasteiger partial charge in [-0.15, -0.1) is 0 Å². The predicted octanol–water partition coefficient (Wildman–Crippen LogP) is 3.93. The Bertz CT molecular complexity index is 619. The van der Waals surface area contributed by atoms with Gasteiger partial charge in [-0.2, -0.15) is 0 Å². The quantitative estimate of drug-likeness (QED) is 0.633. The molecular weight excluding hydrogens is 335 g/mol. The van der Waals surface area contributed by atoms with E-state index in [0.717, 1.165) is 15.8 Å². The lowest BCUT2D eigenvalue weighted by molar-refractivity contribution is 0.242. The van der Waals surface area contributed by atoms with Gasteiger partial charge in [0, 0.05) is 10.0 Å². The minimum absolute atomic E-state index is 0.0761. The summed E-state index contributed by atoms with van der Waals surface area (Å²) in [6, 6.07) is 11.8. The van der Waals surface area contributed by atoms with Gasteiger partial charge in [-0.3, -0.25) is 5.84 Å². The van der Waals surface area contributed by atoms with E-state index in [1.165, 1.54) is 6.07 Å². The Morgan fingerprint density at radius 3 is 2.62 bits per heavy atom. The zero-order valence-corrected chi connectivity index (χ0v) is 13.5. The maximum absolute atomic E-state index is 14.1. The minimum atomic E-state index is -0.446. The molecule has 0 heterocycles. The number of nitrogens with one attached hydrogen (secondary N) is 1. The number of nitrogens with two attached hydrogens (primary N) is 1. The van der Waals surface area contributed by atoms with Crippen molar-refractivity contribution in [3.8, 4) is 5.75 Å². The van der Waals surface area contributed by atoms with Crippen LogP contribution >= 0.6 is 15.9 Å². The molecular formula is C16H18BrFN2O. The zero-order valence-electron chi connectivity index (χ0n) is 11.9. The third-order valence-corrected chi connectivity index (χ3v) is 3.49. The lowest BCUT2D eigenvalue weighted by Crippen LogP contribution is -2.29. The summed E-state index contributed by atoms with van der Waals surface area (Å²) in [6.07, 6.45) is 0.0761. The number of rotatable bonds is 5. The van der Waals surface area contributed by atoms with Crippen molar-refractivity contribution in [2.45, 2.75) is 26.0 Å². The number of hydrogen-bond acceptors (Lipinski definition) is 3. The lowest BCUT2D eigenvalue weighted by Gasteiger charge is -2.19. The Morgan fingerprint density at radius 1 is 1.19 bits per heavy atom. The standard InChI is InChI=1S/C16H18BrFN2O/c1-10(2)21-13-5-3-4-11(8-13)16(20-19)14-9-12(17)6-7-15(14)18/h3-10,16,20H,19H2,1-2H3. The van der Waals surface area contributed by atoms with E-state index in [1.807, 2.05) is 38.1 Å². The van der Waals surface area contributed by atoms with Crippen molar-refractivity contribution in [1.82, 2.24) is 5.43 Å². The Labute approximate surface area is 132 Å². The number of hydrogen-bond donors (Lipinski definition) is 2. The monoisotopic (exact) mass is 352 g/mol. The Hall–Kier alpha value is -1.43. The van der Waals surface area contributed by atoms with Crippen LogP contribution in [0.5, 0.6) is 5.75 Å². The molecule has 0 amide bonds. The highest BCUT2D eigenvalue weighted by Gasteiger charge is 2.17. The molecule has 0 bridgehead atoms. The fourth-order valence-corrected chi connectivity index (χ4v) is 2.52. The highest BCUT2D eigenvalue weighted by Crippen LogP contribution is 2.28. The smallest absolute Gasteiger partial charge is 0.128 e. The molecule has 0 aromatic heterocycles. The first-order valence-electron chi connectivity index (χ1n) is 6.69. The molecule has 0 spiro atoms. The summed E-state index contributed by atoms with van der Waals surface area (Å²) in [4.78, 5) is 0. The zero-order chi connectivity index (χ0) is 15.4. The van der Waals surface area contributed by atoms with Gasteiger partial charge in [-0.05, 0) is 49.7 Å². The second-order valence-electron chi connectivity index (χ2n) is 5.00. The molecule has 0 saturated heterocycles. The van der Waals surface area contributed by atoms with Gasteiger partial charge in [0.25, 0.3) is 0 Å². The summed E-state index contributed by atoms with van der Waals surface area (Å²) in [6.45, 7) is 3.92. The first-order chi connectivity index (χ1) is 10.0. The maximum Gasteiger partial charge on any atom is 0.128 e. The van der Waals surface area contributed by atoms with E-state index in [2.05, 4.69) is 21.4 Å². The van der Waals surface area contributed by atoms with Gasteiger partial charge in [-0.25, -0.2) is 9.82 Å². The minimum Gasteiger partial charge on any atom is -0.491 e. The van der Waals surface area contributed by atoms with Crippen LogP contribution in [-0.4, -0.2) is 6.10 Å². The van der Waals surface area contributed by atoms with E-state index < -0.39 is 6.04 Å². The average Bonchev–Trinajstić information content (AvgIpc) is 2.43. The predicted molar refractivity (Wildman–Crippen MR) is 85.5 cm³/mol. The van der Waals surface area contributed by atoms with Crippen LogP contribution in [0.15, 0.2) is 46.9 Å². The molecule has 1 unspecified atom stereocenters. The fourth-order valence-electron chi connectivity index (χ4n) is 2.14. The van der Waals surface area contributed by atoms with Gasteiger partial charge in [-0.1, -0.05) is 28.1 Å². The molecule has 0 fully saturated rings. The van der Waals surface area contributed by atoms with E-state index in [1.54, 1.807) is 12.1 Å². The summed E-state index contributed by atoms with van der Waals surface area (Å²) >= 11 is 3.35. The Balaban J connectivity index is 2.39. The summed E-state index contributed by atoms with van der Waals surface area (Å²) < 4.78 is 20.5. The largest absolute Gasteiger partial charge is 0.491 e. The van der Waals surface area contributed by atoms with Crippen LogP contribution in [0.1, 0.15) is 31.0 Å². The van der Waals surface area contributed by atoms with Crippen molar-refractivity contribution >= 4 is 15.9 Å². The molecule has 2 aromatic carbocycles. The molecule has 0 aliphatic heterocycles. The lowest BCUT2D eigenvalue weighted by atomic mass is 9.98. The molecule has 0 saturated carbocycles. The number of hydrazine groups is 1. The third kappa shape index (κ3) is 4.03. The number of ether oxygens (including phenoxy) is 1. The highest BCUT2D eigenvalue weighted by atomic mass is 79.9. The van der Waals surface area contributed by atoms with Crippen LogP contribution in [0.25, 0.3) is 0 Å². The van der Waals surface area contributed by atoms with Crippen LogP contribution in [0.4, 0.5) is 4.39 Å². The fraction of sp³-hybridized carbons (Fsp3) is 0.250. The number of benzene rings is 2. The SMILES string of the molecule is CC(C)Oc1cccc(C(NN)c2cc(Br)ccc2F)c1. The van der Waals surface area contributed by atoms with Gasteiger partial charge >= 0.3 is 0 Å². The van der Waals surface area contributed by atoms with E-state index >= 15 is 0 Å². The molecule has 0 aliphatic carbocycles. The van der Waals surface area contributed by atoms with Crippen LogP contribution < -0.4 is 16.0 Å². The third-order valence-electron chi connectivity index (χ3n) is 3.00. The summed E-state index contributed by atoms with van der Waals surface area (Å²) in [5.41, 5.74) is 3.99. The van der Waals surface area contributed by atoms with Gasteiger partial charge in [0.05, 0.1) is 12.1 Å². The first-order valence-corrected chi connectivity index (χ1v) is 7.48. The van der Waals surface area contributed by atoms with Crippen molar-refractivity contribution in [2.75, 3.05) is 0 Å². The molecule has 21 heavy (non-hydrogen) atoms. The number of halogens is 2. The second kappa shape index (κ2) is 7.02. The van der Waals surface area contributed by atoms with Crippen LogP contribution in [0, 0.1) is 5.82 Å². The first kappa shape index (κ1) is 15.9. The van der Waals surface area contributed by atoms with Gasteiger partial charge < -0.3 is 4.74 Å². The molecule has 1 atom stereocenters. The second-order valence-corrected chi connectivity index (χ2v) is 5.92. The normalized spacial score (nSPS) is 12.5. The maximum atomic E-state index is 14.1. The molecule has 0 aliphatic rings. The van der Waals surface area contributed by atoms with E-state index in [4.69, 9.17) is 10.6 Å². The average molecular weight is 353 g/mol. The Kier molecular flexibility index (Phi) is 5.33.